The second kappa shape index (κ2) is 45.9. The number of carbonyl (C=O) groups excluding carboxylic acids is 13. The van der Waals surface area contributed by atoms with E-state index in [1.165, 1.54) is 27.6 Å². The average molecular weight is 1610 g/mol. The number of hydrogen-bond donors (Lipinski definition) is 16. The quantitative estimate of drug-likeness (QED) is 0.0127. The van der Waals surface area contributed by atoms with Crippen LogP contribution in [0.15, 0.2) is 107 Å². The zero-order valence-corrected chi connectivity index (χ0v) is 66.2. The van der Waals surface area contributed by atoms with Gasteiger partial charge in [0.05, 0.1) is 17.5 Å². The number of rotatable bonds is 48. The molecule has 2 fully saturated rings. The minimum absolute atomic E-state index is 0.0516. The lowest BCUT2D eigenvalue weighted by atomic mass is 10.0. The van der Waals surface area contributed by atoms with Crippen LogP contribution in [0.3, 0.4) is 0 Å². The summed E-state index contributed by atoms with van der Waals surface area (Å²) in [6.45, 7) is 3.75. The van der Waals surface area contributed by atoms with E-state index >= 15 is 0 Å². The molecular weight excluding hydrogens is 1500 g/mol. The molecule has 2 aliphatic rings. The number of guanidine groups is 1. The van der Waals surface area contributed by atoms with E-state index in [1.807, 2.05) is 31.1 Å². The second-order valence-electron chi connectivity index (χ2n) is 28.7. The summed E-state index contributed by atoms with van der Waals surface area (Å²) in [7, 11) is -0.194. The molecule has 35 nitrogen and oxygen atoms in total. The lowest BCUT2D eigenvalue weighted by Gasteiger charge is -2.32. The molecule has 6 rings (SSSR count). The van der Waals surface area contributed by atoms with Gasteiger partial charge in [-0.2, -0.15) is 11.8 Å². The summed E-state index contributed by atoms with van der Waals surface area (Å²) in [4.78, 5) is 189. The Morgan fingerprint density at radius 2 is 1.05 bits per heavy atom. The van der Waals surface area contributed by atoms with Crippen molar-refractivity contribution in [1.82, 2.24) is 57.1 Å². The lowest BCUT2D eigenvalue weighted by molar-refractivity contribution is -0.144. The molecule has 0 saturated carbocycles. The molecule has 2 aliphatic heterocycles. The molecule has 4 aromatic carbocycles. The fourth-order valence-electron chi connectivity index (χ4n) is 13.3. The number of anilines is 1. The van der Waals surface area contributed by atoms with Gasteiger partial charge < -0.3 is 97.4 Å². The Balaban J connectivity index is 1.12. The van der Waals surface area contributed by atoms with E-state index in [-0.39, 0.29) is 107 Å². The first-order valence-corrected chi connectivity index (χ1v) is 40.6. The predicted molar refractivity (Wildman–Crippen MR) is 428 cm³/mol. The van der Waals surface area contributed by atoms with Gasteiger partial charge in [-0.1, -0.05) is 98.8 Å². The number of nitrogens with zero attached hydrogens (tertiary/aromatic N) is 4. The summed E-state index contributed by atoms with van der Waals surface area (Å²) in [5.74, 6) is -10.3. The number of primary amides is 3. The molecule has 618 valence electrons. The van der Waals surface area contributed by atoms with Crippen LogP contribution < -0.4 is 92.3 Å². The normalized spacial score (nSPS) is 16.2. The van der Waals surface area contributed by atoms with Crippen LogP contribution in [0.25, 0.3) is 10.8 Å². The highest BCUT2D eigenvalue weighted by atomic mass is 32.2. The van der Waals surface area contributed by atoms with Crippen LogP contribution in [0.4, 0.5) is 5.69 Å². The van der Waals surface area contributed by atoms with Crippen molar-refractivity contribution in [3.05, 3.63) is 108 Å². The number of benzene rings is 4. The monoisotopic (exact) mass is 1610 g/mol. The van der Waals surface area contributed by atoms with Crippen molar-refractivity contribution in [3.63, 3.8) is 0 Å². The smallest absolute Gasteiger partial charge is 0.245 e. The highest BCUT2D eigenvalue weighted by Crippen LogP contribution is 2.31. The van der Waals surface area contributed by atoms with Crippen LogP contribution in [-0.2, 0) is 85.2 Å². The standard InChI is InChI=1S/C76H112N20O15S2/c1-46(2)42-56(70(104)88-52(66(81)100)34-40-112-41-37-86-113(110,111)62-29-14-22-49-50(62)23-13-26-59(49)94(3)4)87-65(99)45-85-67(101)57(43-47-18-7-5-8-19-47)92-71(105)58(44-48-20-9-6-10-21-48)93-69(103)53(30-32-63(79)97)89-68(102)54(31-33-64(80)98)90-72(106)61-28-17-39-96(61)75(109)55(25-11-12-35-77)91-73(107)60-27-16-38-95(60)74(108)51(78)24-15-36-84-76(82)83/h5-10,13-14,18-23,26,29,46,51-58,60-61,86H,11-12,15-17,24-25,27-28,30-45,77-78H2,1-4H3,(H2,79,97)(H2,80,98)(H2,81,100)(H,85,101)(H,87,99)(H,88,104)(H,89,102)(H,90,106)(H,91,107)(H,92,105)(H,93,103)(H4,82,83,84)/t51-,52-,53-,54-,55-,56-,57-,58-,60-,61-/m0/s1. The number of likely N-dealkylation sites (tertiary alicyclic amines) is 2. The van der Waals surface area contributed by atoms with E-state index in [9.17, 15) is 70.7 Å². The highest BCUT2D eigenvalue weighted by Gasteiger charge is 2.43. The second-order valence-corrected chi connectivity index (χ2v) is 31.6. The van der Waals surface area contributed by atoms with E-state index < -0.39 is 179 Å². The predicted octanol–water partition coefficient (Wildman–Crippen LogP) is -2.14. The number of unbranched alkanes of at least 4 members (excludes halogenated alkanes) is 1. The third-order valence-electron chi connectivity index (χ3n) is 19.1. The number of hydrogen-bond acceptors (Lipinski definition) is 20. The lowest BCUT2D eigenvalue weighted by Crippen LogP contribution is -2.60. The maximum atomic E-state index is 14.8. The molecule has 23 N–H and O–H groups in total. The molecule has 0 spiro atoms. The van der Waals surface area contributed by atoms with Gasteiger partial charge >= 0.3 is 0 Å². The van der Waals surface area contributed by atoms with Crippen molar-refractivity contribution in [2.24, 2.45) is 51.0 Å². The van der Waals surface area contributed by atoms with Gasteiger partial charge in [-0.3, -0.25) is 67.3 Å². The van der Waals surface area contributed by atoms with Crippen molar-refractivity contribution >= 4 is 121 Å². The summed E-state index contributed by atoms with van der Waals surface area (Å²) in [5, 5.41) is 22.5. The summed E-state index contributed by atoms with van der Waals surface area (Å²) in [6.07, 6.45) is 0.744. The number of fused-ring (bicyclic) bond motifs is 1. The largest absolute Gasteiger partial charge is 0.377 e. The zero-order valence-electron chi connectivity index (χ0n) is 64.5. The number of nitrogens with two attached hydrogens (primary N) is 7. The average Bonchev–Trinajstić information content (AvgIpc) is 0.876. The Hall–Kier alpha value is -10.5. The molecule has 0 radical (unpaired) electrons. The molecule has 4 aromatic rings. The first kappa shape index (κ1) is 91.4. The van der Waals surface area contributed by atoms with Crippen LogP contribution in [0.2, 0.25) is 0 Å². The fraction of sp³-hybridized carbons (Fsp3) is 0.526. The Labute approximate surface area is 662 Å². The Bertz CT molecular complexity index is 4080. The number of nitrogens with one attached hydrogen (secondary N) is 9. The van der Waals surface area contributed by atoms with Gasteiger partial charge in [0.1, 0.15) is 54.4 Å². The molecule has 0 bridgehead atoms. The van der Waals surface area contributed by atoms with Crippen LogP contribution in [-0.4, -0.2) is 226 Å². The molecule has 2 saturated heterocycles. The van der Waals surface area contributed by atoms with Gasteiger partial charge in [0.2, 0.25) is 86.8 Å². The highest BCUT2D eigenvalue weighted by molar-refractivity contribution is 7.99. The first-order valence-electron chi connectivity index (χ1n) is 38.0. The van der Waals surface area contributed by atoms with Crippen molar-refractivity contribution in [2.75, 3.05) is 69.8 Å². The maximum Gasteiger partial charge on any atom is 0.245 e. The minimum Gasteiger partial charge on any atom is -0.377 e. The van der Waals surface area contributed by atoms with Gasteiger partial charge in [-0.25, -0.2) is 13.1 Å². The van der Waals surface area contributed by atoms with Gasteiger partial charge in [0, 0.05) is 88.2 Å². The molecule has 10 atom stereocenters. The van der Waals surface area contributed by atoms with E-state index in [2.05, 4.69) is 52.2 Å². The Kier molecular flexibility index (Phi) is 37.1. The number of thioether (sulfide) groups is 1. The summed E-state index contributed by atoms with van der Waals surface area (Å²) in [6, 6.07) is 14.3. The number of aliphatic imine (C=N–C) groups is 1. The third kappa shape index (κ3) is 29.5. The van der Waals surface area contributed by atoms with Gasteiger partial charge in [-0.15, -0.1) is 0 Å². The van der Waals surface area contributed by atoms with Crippen LogP contribution in [0.1, 0.15) is 121 Å². The Morgan fingerprint density at radius 1 is 0.540 bits per heavy atom. The topological polar surface area (TPSA) is 569 Å². The van der Waals surface area contributed by atoms with Crippen LogP contribution >= 0.6 is 11.8 Å². The fourth-order valence-corrected chi connectivity index (χ4v) is 15.5. The minimum atomic E-state index is -3.93. The van der Waals surface area contributed by atoms with Crippen molar-refractivity contribution in [3.8, 4) is 0 Å². The molecule has 37 heteroatoms. The third-order valence-corrected chi connectivity index (χ3v) is 21.7. The van der Waals surface area contributed by atoms with Crippen molar-refractivity contribution < 1.29 is 70.7 Å². The van der Waals surface area contributed by atoms with Gasteiger partial charge in [0.25, 0.3) is 0 Å². The zero-order chi connectivity index (χ0) is 82.9. The molecule has 113 heavy (non-hydrogen) atoms. The molecule has 13 amide bonds. The van der Waals surface area contributed by atoms with E-state index in [0.29, 0.717) is 54.4 Å². The van der Waals surface area contributed by atoms with Crippen molar-refractivity contribution in [2.45, 2.75) is 188 Å². The summed E-state index contributed by atoms with van der Waals surface area (Å²) in [5.41, 5.74) is 41.8. The van der Waals surface area contributed by atoms with E-state index in [0.717, 1.165) is 11.1 Å². The summed E-state index contributed by atoms with van der Waals surface area (Å²) < 4.78 is 29.6. The van der Waals surface area contributed by atoms with Crippen molar-refractivity contribution in [1.29, 1.82) is 0 Å². The van der Waals surface area contributed by atoms with Gasteiger partial charge in [-0.05, 0) is 125 Å². The molecule has 0 aliphatic carbocycles. The number of carbonyl (C=O) groups is 13. The maximum absolute atomic E-state index is 14.8. The first-order chi connectivity index (χ1) is 53.8. The number of sulfonamides is 1. The molecule has 0 unspecified atom stereocenters. The van der Waals surface area contributed by atoms with E-state index in [4.69, 9.17) is 40.1 Å². The Morgan fingerprint density at radius 3 is 1.60 bits per heavy atom. The molecular formula is C76H112N20O15S2. The van der Waals surface area contributed by atoms with E-state index in [1.54, 1.807) is 92.7 Å². The van der Waals surface area contributed by atoms with Gasteiger partial charge in [0.15, 0.2) is 5.96 Å². The van der Waals surface area contributed by atoms with Crippen LogP contribution in [0, 0.1) is 5.92 Å². The number of amides is 13. The van der Waals surface area contributed by atoms with Crippen LogP contribution in [0.5, 0.6) is 0 Å². The SMILES string of the molecule is CC(C)C[C@H](NC(=O)CNC(=O)[C@H](Cc1ccccc1)NC(=O)[C@H](Cc1ccccc1)NC(=O)[C@H](CCC(N)=O)NC(=O)[C@H](CCC(N)=O)NC(=O)[C@@H]1CCCN1C(=O)[C@H](CCCCN)NC(=O)[C@@H]1CCCN1C(=O)[C@@H](N)CCCN=C(N)N)C(=O)N[C@@H](CCSCCNS(=O)(=O)c1cccc2c(N(C)C)cccc12)C(N)=O. The molecule has 2 heterocycles. The molecule has 0 aromatic heterocycles. The summed E-state index contributed by atoms with van der Waals surface area (Å²) >= 11 is 1.32.